The molecule has 1 unspecified atom stereocenters. The molecule has 0 spiro atoms. The topological polar surface area (TPSA) is 86.9 Å². The van der Waals surface area contributed by atoms with E-state index >= 15 is 0 Å². The summed E-state index contributed by atoms with van der Waals surface area (Å²) in [6.45, 7) is 1.96. The standard InChI is InChI=1S/C16H22FN3O4.ClH/c1-18(11-16(21)22)13-3-2-7-19(8-6-13)10-12-4-5-14(20(23)24)9-15(12)17;/h4-5,9,13H,2-3,6-8,10-11H2,1H3,(H,21,22);1H. The fourth-order valence-corrected chi connectivity index (χ4v) is 3.10. The van der Waals surface area contributed by atoms with Gasteiger partial charge in [0.05, 0.1) is 17.5 Å². The van der Waals surface area contributed by atoms with Crippen LogP contribution in [0.3, 0.4) is 0 Å². The molecule has 2 rings (SSSR count). The summed E-state index contributed by atoms with van der Waals surface area (Å²) in [5.41, 5.74) is 0.195. The number of likely N-dealkylation sites (tertiary alicyclic amines) is 1. The molecule has 0 aliphatic carbocycles. The summed E-state index contributed by atoms with van der Waals surface area (Å²) in [4.78, 5) is 24.8. The van der Waals surface area contributed by atoms with Crippen LogP contribution in [0.15, 0.2) is 18.2 Å². The van der Waals surface area contributed by atoms with Gasteiger partial charge >= 0.3 is 5.97 Å². The van der Waals surface area contributed by atoms with E-state index in [9.17, 15) is 19.3 Å². The van der Waals surface area contributed by atoms with Crippen LogP contribution in [0.1, 0.15) is 24.8 Å². The molecule has 1 atom stereocenters. The van der Waals surface area contributed by atoms with Gasteiger partial charge in [0.2, 0.25) is 0 Å². The fraction of sp³-hybridized carbons (Fsp3) is 0.562. The van der Waals surface area contributed by atoms with Crippen molar-refractivity contribution in [1.29, 1.82) is 0 Å². The first-order valence-corrected chi connectivity index (χ1v) is 7.94. The van der Waals surface area contributed by atoms with Crippen molar-refractivity contribution in [2.75, 3.05) is 26.7 Å². The highest BCUT2D eigenvalue weighted by Gasteiger charge is 2.22. The molecule has 0 radical (unpaired) electrons. The first-order valence-electron chi connectivity index (χ1n) is 7.94. The molecule has 7 nitrogen and oxygen atoms in total. The largest absolute Gasteiger partial charge is 0.480 e. The van der Waals surface area contributed by atoms with Crippen LogP contribution < -0.4 is 0 Å². The Kier molecular flexibility index (Phi) is 8.21. The number of carboxylic acid groups (broad SMARTS) is 1. The van der Waals surface area contributed by atoms with Gasteiger partial charge in [-0.1, -0.05) is 0 Å². The van der Waals surface area contributed by atoms with Crippen molar-refractivity contribution in [2.45, 2.75) is 31.8 Å². The Hall–Kier alpha value is -1.77. The van der Waals surface area contributed by atoms with E-state index in [2.05, 4.69) is 4.90 Å². The predicted molar refractivity (Wildman–Crippen MR) is 93.5 cm³/mol. The summed E-state index contributed by atoms with van der Waals surface area (Å²) in [6.07, 6.45) is 2.63. The molecule has 0 saturated carbocycles. The molecular formula is C16H23ClFN3O4. The van der Waals surface area contributed by atoms with E-state index in [0.717, 1.165) is 38.4 Å². The number of carboxylic acids is 1. The van der Waals surface area contributed by atoms with Crippen LogP contribution in [-0.4, -0.2) is 58.5 Å². The molecule has 1 saturated heterocycles. The third-order valence-electron chi connectivity index (χ3n) is 4.44. The lowest BCUT2D eigenvalue weighted by atomic mass is 10.1. The molecule has 1 aliphatic heterocycles. The van der Waals surface area contributed by atoms with Crippen molar-refractivity contribution in [1.82, 2.24) is 9.80 Å². The number of non-ortho nitro benzene ring substituents is 1. The van der Waals surface area contributed by atoms with Crippen LogP contribution >= 0.6 is 12.4 Å². The maximum Gasteiger partial charge on any atom is 0.317 e. The molecule has 140 valence electrons. The van der Waals surface area contributed by atoms with Gasteiger partial charge in [-0.2, -0.15) is 0 Å². The smallest absolute Gasteiger partial charge is 0.317 e. The van der Waals surface area contributed by atoms with Gasteiger partial charge in [-0.05, 0) is 45.5 Å². The molecule has 9 heteroatoms. The van der Waals surface area contributed by atoms with Gasteiger partial charge in [0.25, 0.3) is 5.69 Å². The Bertz CT molecular complexity index is 617. The number of hydrogen-bond acceptors (Lipinski definition) is 5. The second-order valence-electron chi connectivity index (χ2n) is 6.20. The average Bonchev–Trinajstić information content (AvgIpc) is 2.74. The van der Waals surface area contributed by atoms with E-state index in [-0.39, 0.29) is 30.7 Å². The number of nitrogens with zero attached hydrogens (tertiary/aromatic N) is 3. The van der Waals surface area contributed by atoms with Crippen molar-refractivity contribution < 1.29 is 19.2 Å². The number of rotatable bonds is 6. The molecule has 1 N–H and O–H groups in total. The fourth-order valence-electron chi connectivity index (χ4n) is 3.10. The molecule has 1 heterocycles. The first kappa shape index (κ1) is 21.3. The zero-order valence-electron chi connectivity index (χ0n) is 14.1. The molecule has 1 fully saturated rings. The molecular weight excluding hydrogens is 353 g/mol. The third kappa shape index (κ3) is 6.22. The Morgan fingerprint density at radius 3 is 2.76 bits per heavy atom. The zero-order valence-corrected chi connectivity index (χ0v) is 14.9. The van der Waals surface area contributed by atoms with E-state index in [1.165, 1.54) is 12.1 Å². The van der Waals surface area contributed by atoms with Crippen LogP contribution in [0.4, 0.5) is 10.1 Å². The van der Waals surface area contributed by atoms with Gasteiger partial charge in [0, 0.05) is 24.2 Å². The van der Waals surface area contributed by atoms with E-state index < -0.39 is 16.7 Å². The normalized spacial score (nSPS) is 18.4. The first-order chi connectivity index (χ1) is 11.4. The van der Waals surface area contributed by atoms with Crippen molar-refractivity contribution >= 4 is 24.1 Å². The quantitative estimate of drug-likeness (QED) is 0.607. The summed E-state index contributed by atoms with van der Waals surface area (Å²) >= 11 is 0. The van der Waals surface area contributed by atoms with Crippen molar-refractivity contribution in [3.63, 3.8) is 0 Å². The molecule has 0 aromatic heterocycles. The third-order valence-corrected chi connectivity index (χ3v) is 4.44. The maximum absolute atomic E-state index is 14.0. The minimum atomic E-state index is -0.841. The summed E-state index contributed by atoms with van der Waals surface area (Å²) in [5.74, 6) is -1.40. The van der Waals surface area contributed by atoms with Gasteiger partial charge in [0.1, 0.15) is 5.82 Å². The lowest BCUT2D eigenvalue weighted by Gasteiger charge is -2.25. The van der Waals surface area contributed by atoms with Crippen LogP contribution in [0, 0.1) is 15.9 Å². The van der Waals surface area contributed by atoms with Gasteiger partial charge in [-0.25, -0.2) is 4.39 Å². The zero-order chi connectivity index (χ0) is 17.7. The summed E-state index contributed by atoms with van der Waals surface area (Å²) in [6, 6.07) is 3.94. The van der Waals surface area contributed by atoms with Crippen LogP contribution in [0.2, 0.25) is 0 Å². The van der Waals surface area contributed by atoms with Crippen LogP contribution in [0.25, 0.3) is 0 Å². The number of nitro benzene ring substituents is 1. The van der Waals surface area contributed by atoms with Crippen LogP contribution in [-0.2, 0) is 11.3 Å². The lowest BCUT2D eigenvalue weighted by Crippen LogP contribution is -2.36. The summed E-state index contributed by atoms with van der Waals surface area (Å²) in [5, 5.41) is 19.5. The highest BCUT2D eigenvalue weighted by atomic mass is 35.5. The molecule has 1 aromatic rings. The summed E-state index contributed by atoms with van der Waals surface area (Å²) in [7, 11) is 1.81. The maximum atomic E-state index is 14.0. The average molecular weight is 376 g/mol. The number of benzene rings is 1. The van der Waals surface area contributed by atoms with Gasteiger partial charge in [-0.15, -0.1) is 12.4 Å². The number of hydrogen-bond donors (Lipinski definition) is 1. The second-order valence-corrected chi connectivity index (χ2v) is 6.20. The minimum Gasteiger partial charge on any atom is -0.480 e. The van der Waals surface area contributed by atoms with Crippen molar-refractivity contribution in [3.8, 4) is 0 Å². The van der Waals surface area contributed by atoms with E-state index in [1.807, 2.05) is 11.9 Å². The number of halogens is 2. The predicted octanol–water partition coefficient (Wildman–Crippen LogP) is 2.53. The number of carbonyl (C=O) groups is 1. The Morgan fingerprint density at radius 2 is 2.16 bits per heavy atom. The highest BCUT2D eigenvalue weighted by molar-refractivity contribution is 5.85. The Balaban J connectivity index is 0.00000312. The van der Waals surface area contributed by atoms with Crippen LogP contribution in [0.5, 0.6) is 0 Å². The minimum absolute atomic E-state index is 0. The SMILES string of the molecule is CN(CC(=O)O)C1CCCN(Cc2ccc([N+](=O)[O-])cc2F)CC1.Cl. The van der Waals surface area contributed by atoms with Gasteiger partial charge in [-0.3, -0.25) is 24.7 Å². The van der Waals surface area contributed by atoms with Gasteiger partial charge < -0.3 is 5.11 Å². The summed E-state index contributed by atoms with van der Waals surface area (Å²) < 4.78 is 14.0. The van der Waals surface area contributed by atoms with Crippen molar-refractivity contribution in [3.05, 3.63) is 39.7 Å². The van der Waals surface area contributed by atoms with E-state index in [1.54, 1.807) is 0 Å². The Morgan fingerprint density at radius 1 is 1.44 bits per heavy atom. The number of aliphatic carboxylic acids is 1. The molecule has 1 aliphatic rings. The lowest BCUT2D eigenvalue weighted by molar-refractivity contribution is -0.385. The molecule has 0 amide bonds. The van der Waals surface area contributed by atoms with Gasteiger partial charge in [0.15, 0.2) is 0 Å². The second kappa shape index (κ2) is 9.65. The van der Waals surface area contributed by atoms with E-state index in [4.69, 9.17) is 5.11 Å². The van der Waals surface area contributed by atoms with Crippen molar-refractivity contribution in [2.24, 2.45) is 0 Å². The number of nitro groups is 1. The molecule has 1 aromatic carbocycles. The monoisotopic (exact) mass is 375 g/mol. The number of likely N-dealkylation sites (N-methyl/N-ethyl adjacent to an activating group) is 1. The molecule has 0 bridgehead atoms. The Labute approximate surface area is 152 Å². The van der Waals surface area contributed by atoms with E-state index in [0.29, 0.717) is 12.1 Å². The highest BCUT2D eigenvalue weighted by Crippen LogP contribution is 2.21. The molecule has 25 heavy (non-hydrogen) atoms.